The molecule has 0 aromatic heterocycles. The van der Waals surface area contributed by atoms with Crippen LogP contribution in [-0.2, 0) is 4.79 Å². The molecule has 8 heteroatoms. The summed E-state index contributed by atoms with van der Waals surface area (Å²) < 4.78 is 0. The second-order valence-electron chi connectivity index (χ2n) is 5.22. The quantitative estimate of drug-likeness (QED) is 0.533. The van der Waals surface area contributed by atoms with Gasteiger partial charge in [-0.2, -0.15) is 0 Å². The molecule has 0 heterocycles. The van der Waals surface area contributed by atoms with Gasteiger partial charge in [0.2, 0.25) is 5.91 Å². The van der Waals surface area contributed by atoms with Gasteiger partial charge in [0, 0.05) is 36.8 Å². The topological polar surface area (TPSA) is 127 Å². The molecule has 0 aliphatic heterocycles. The first-order chi connectivity index (χ1) is 9.66. The van der Waals surface area contributed by atoms with Crippen molar-refractivity contribution in [2.24, 2.45) is 5.73 Å². The maximum atomic E-state index is 12.3. The molecular formula is C13H18N4O4. The highest BCUT2D eigenvalue weighted by atomic mass is 16.6. The number of carbonyl (C=O) groups is 2. The molecule has 0 saturated carbocycles. The first kappa shape index (κ1) is 16.4. The van der Waals surface area contributed by atoms with Crippen molar-refractivity contribution in [3.8, 4) is 0 Å². The molecule has 1 aromatic rings. The van der Waals surface area contributed by atoms with E-state index in [1.807, 2.05) is 0 Å². The van der Waals surface area contributed by atoms with Gasteiger partial charge in [-0.1, -0.05) is 0 Å². The summed E-state index contributed by atoms with van der Waals surface area (Å²) in [7, 11) is 1.60. The Bertz CT molecular complexity index is 584. The van der Waals surface area contributed by atoms with E-state index in [-0.39, 0.29) is 17.7 Å². The lowest BCUT2D eigenvalue weighted by Gasteiger charge is -2.25. The zero-order valence-corrected chi connectivity index (χ0v) is 12.1. The summed E-state index contributed by atoms with van der Waals surface area (Å²) in [5.41, 5.74) is 4.67. The van der Waals surface area contributed by atoms with E-state index in [9.17, 15) is 19.7 Å². The molecule has 0 atom stereocenters. The Morgan fingerprint density at radius 2 is 2.00 bits per heavy atom. The van der Waals surface area contributed by atoms with E-state index >= 15 is 0 Å². The Morgan fingerprint density at radius 1 is 1.38 bits per heavy atom. The molecule has 8 nitrogen and oxygen atoms in total. The lowest BCUT2D eigenvalue weighted by molar-refractivity contribution is -0.384. The Hall–Kier alpha value is -2.64. The minimum absolute atomic E-state index is 0.0391. The van der Waals surface area contributed by atoms with E-state index in [1.165, 1.54) is 18.2 Å². The fourth-order valence-electron chi connectivity index (χ4n) is 1.91. The summed E-state index contributed by atoms with van der Waals surface area (Å²) in [5, 5.41) is 16.2. The highest BCUT2D eigenvalue weighted by Crippen LogP contribution is 2.22. The zero-order chi connectivity index (χ0) is 16.2. The van der Waals surface area contributed by atoms with Crippen LogP contribution in [0.1, 0.15) is 30.6 Å². The van der Waals surface area contributed by atoms with Crippen molar-refractivity contribution < 1.29 is 14.5 Å². The Balaban J connectivity index is 3.08. The number of nitrogens with two attached hydrogens (primary N) is 1. The van der Waals surface area contributed by atoms with Crippen molar-refractivity contribution in [3.63, 3.8) is 0 Å². The smallest absolute Gasteiger partial charge is 0.270 e. The van der Waals surface area contributed by atoms with Crippen molar-refractivity contribution in [1.82, 2.24) is 5.32 Å². The number of primary amides is 1. The van der Waals surface area contributed by atoms with Gasteiger partial charge in [-0.25, -0.2) is 0 Å². The van der Waals surface area contributed by atoms with Crippen LogP contribution in [0.2, 0.25) is 0 Å². The van der Waals surface area contributed by atoms with Gasteiger partial charge in [0.25, 0.3) is 11.6 Å². The van der Waals surface area contributed by atoms with Crippen LogP contribution in [0.4, 0.5) is 11.4 Å². The minimum Gasteiger partial charge on any atom is -0.387 e. The Morgan fingerprint density at radius 3 is 2.48 bits per heavy atom. The van der Waals surface area contributed by atoms with Crippen LogP contribution in [0.25, 0.3) is 0 Å². The van der Waals surface area contributed by atoms with Crippen molar-refractivity contribution in [2.45, 2.75) is 25.8 Å². The Kier molecular flexibility index (Phi) is 4.85. The molecule has 4 N–H and O–H groups in total. The molecule has 0 unspecified atom stereocenters. The first-order valence-electron chi connectivity index (χ1n) is 6.23. The molecule has 0 bridgehead atoms. The average molecular weight is 294 g/mol. The van der Waals surface area contributed by atoms with Crippen LogP contribution in [0.15, 0.2) is 18.2 Å². The number of nitro benzene ring substituents is 1. The Labute approximate surface area is 121 Å². The van der Waals surface area contributed by atoms with Gasteiger partial charge in [-0.05, 0) is 19.9 Å². The summed E-state index contributed by atoms with van der Waals surface area (Å²) in [6.45, 7) is 3.29. The highest BCUT2D eigenvalue weighted by Gasteiger charge is 2.25. The fraction of sp³-hybridized carbons (Fsp3) is 0.385. The summed E-state index contributed by atoms with van der Waals surface area (Å²) in [4.78, 5) is 33.5. The lowest BCUT2D eigenvalue weighted by Crippen LogP contribution is -2.46. The molecule has 0 radical (unpaired) electrons. The highest BCUT2D eigenvalue weighted by molar-refractivity contribution is 6.00. The molecule has 0 fully saturated rings. The number of benzene rings is 1. The molecule has 21 heavy (non-hydrogen) atoms. The first-order valence-corrected chi connectivity index (χ1v) is 6.23. The molecule has 0 saturated heterocycles. The van der Waals surface area contributed by atoms with E-state index in [2.05, 4.69) is 10.6 Å². The van der Waals surface area contributed by atoms with Gasteiger partial charge in [0.05, 0.1) is 10.5 Å². The normalized spacial score (nSPS) is 10.8. The number of anilines is 1. The van der Waals surface area contributed by atoms with E-state index in [0.29, 0.717) is 5.69 Å². The number of nitro groups is 1. The van der Waals surface area contributed by atoms with Crippen molar-refractivity contribution >= 4 is 23.2 Å². The molecular weight excluding hydrogens is 276 g/mol. The molecule has 1 aromatic carbocycles. The molecule has 0 aliphatic rings. The van der Waals surface area contributed by atoms with E-state index in [4.69, 9.17) is 5.73 Å². The number of rotatable bonds is 6. The summed E-state index contributed by atoms with van der Waals surface area (Å²) in [6, 6.07) is 3.94. The van der Waals surface area contributed by atoms with Crippen LogP contribution in [-0.4, -0.2) is 29.3 Å². The summed E-state index contributed by atoms with van der Waals surface area (Å²) in [6.07, 6.45) is -0.0391. The predicted octanol–water partition coefficient (Wildman–Crippen LogP) is 1.02. The molecule has 2 amide bonds. The maximum Gasteiger partial charge on any atom is 0.270 e. The maximum absolute atomic E-state index is 12.3. The van der Waals surface area contributed by atoms with Crippen molar-refractivity contribution in [2.75, 3.05) is 12.4 Å². The summed E-state index contributed by atoms with van der Waals surface area (Å²) >= 11 is 0. The van der Waals surface area contributed by atoms with Gasteiger partial charge >= 0.3 is 0 Å². The number of carbonyl (C=O) groups excluding carboxylic acids is 2. The number of nitrogens with one attached hydrogen (secondary N) is 2. The molecule has 0 spiro atoms. The van der Waals surface area contributed by atoms with Crippen molar-refractivity contribution in [1.29, 1.82) is 0 Å². The number of hydrogen-bond acceptors (Lipinski definition) is 5. The monoisotopic (exact) mass is 294 g/mol. The van der Waals surface area contributed by atoms with Gasteiger partial charge in [-0.3, -0.25) is 19.7 Å². The molecule has 1 rings (SSSR count). The van der Waals surface area contributed by atoms with Gasteiger partial charge in [0.1, 0.15) is 0 Å². The van der Waals surface area contributed by atoms with Crippen LogP contribution < -0.4 is 16.4 Å². The number of non-ortho nitro benzene ring substituents is 1. The number of amides is 2. The van der Waals surface area contributed by atoms with E-state index in [1.54, 1.807) is 20.9 Å². The minimum atomic E-state index is -0.849. The SMILES string of the molecule is CNc1ccc([N+](=O)[O-])cc1C(=O)NC(C)(C)CC(N)=O. The number of hydrogen-bond donors (Lipinski definition) is 3. The third-order valence-electron chi connectivity index (χ3n) is 2.80. The van der Waals surface area contributed by atoms with E-state index < -0.39 is 22.3 Å². The zero-order valence-electron chi connectivity index (χ0n) is 12.1. The third-order valence-corrected chi connectivity index (χ3v) is 2.80. The third kappa shape index (κ3) is 4.44. The van der Waals surface area contributed by atoms with Gasteiger partial charge < -0.3 is 16.4 Å². The predicted molar refractivity (Wildman–Crippen MR) is 78.0 cm³/mol. The standard InChI is InChI=1S/C13H18N4O4/c1-13(2,7-11(14)18)16-12(19)9-6-8(17(20)21)4-5-10(9)15-3/h4-6,15H,7H2,1-3H3,(H2,14,18)(H,16,19). The van der Waals surface area contributed by atoms with E-state index in [0.717, 1.165) is 0 Å². The fourth-order valence-corrected chi connectivity index (χ4v) is 1.91. The van der Waals surface area contributed by atoms with Crippen molar-refractivity contribution in [3.05, 3.63) is 33.9 Å². The average Bonchev–Trinajstić information content (AvgIpc) is 2.35. The van der Waals surface area contributed by atoms with Gasteiger partial charge in [0.15, 0.2) is 0 Å². The lowest BCUT2D eigenvalue weighted by atomic mass is 9.99. The van der Waals surface area contributed by atoms with Crippen LogP contribution in [0, 0.1) is 10.1 Å². The van der Waals surface area contributed by atoms with Crippen LogP contribution in [0.3, 0.4) is 0 Å². The second kappa shape index (κ2) is 6.21. The largest absolute Gasteiger partial charge is 0.387 e. The number of nitrogens with zero attached hydrogens (tertiary/aromatic N) is 1. The molecule has 0 aliphatic carbocycles. The van der Waals surface area contributed by atoms with Crippen LogP contribution >= 0.6 is 0 Å². The second-order valence-corrected chi connectivity index (χ2v) is 5.22. The summed E-state index contributed by atoms with van der Waals surface area (Å²) in [5.74, 6) is -1.07. The van der Waals surface area contributed by atoms with Crippen LogP contribution in [0.5, 0.6) is 0 Å². The molecule has 114 valence electrons. The van der Waals surface area contributed by atoms with Gasteiger partial charge in [-0.15, -0.1) is 0 Å².